The van der Waals surface area contributed by atoms with Gasteiger partial charge in [-0.1, -0.05) is 411 Å². The van der Waals surface area contributed by atoms with Crippen LogP contribution in [0.3, 0.4) is 0 Å². The van der Waals surface area contributed by atoms with E-state index in [0.29, 0.717) is 17.4 Å². The number of aliphatic hydroxyl groups is 1. The van der Waals surface area contributed by atoms with Crippen molar-refractivity contribution in [1.29, 1.82) is 0 Å². The number of unbranched alkanes of at least 4 members (excludes halogenated alkanes) is 61. The third-order valence-electron chi connectivity index (χ3n) is 18.5. The molecule has 0 aliphatic rings. The van der Waals surface area contributed by atoms with Crippen LogP contribution in [0.1, 0.15) is 425 Å². The highest BCUT2D eigenvalue weighted by Gasteiger charge is 2.28. The molecule has 0 aliphatic carbocycles. The van der Waals surface area contributed by atoms with E-state index in [2.05, 4.69) is 19.2 Å². The highest BCUT2D eigenvalue weighted by atomic mass is 31.2. The van der Waals surface area contributed by atoms with Crippen LogP contribution in [0.2, 0.25) is 0 Å². The fraction of sp³-hybridized carbons (Fsp3) is 0.961. The first-order chi connectivity index (χ1) is 42.0. The summed E-state index contributed by atoms with van der Waals surface area (Å²) in [7, 11) is 1.60. The summed E-state index contributed by atoms with van der Waals surface area (Å²) in [6.45, 7) is 4.90. The van der Waals surface area contributed by atoms with Gasteiger partial charge in [-0.05, 0) is 19.3 Å². The molecule has 0 aliphatic heterocycles. The van der Waals surface area contributed by atoms with Crippen LogP contribution in [-0.4, -0.2) is 73.4 Å². The lowest BCUT2D eigenvalue weighted by Crippen LogP contribution is -2.45. The number of nitrogens with one attached hydrogen (secondary N) is 1. The Morgan fingerprint density at radius 3 is 0.860 bits per heavy atom. The van der Waals surface area contributed by atoms with Crippen molar-refractivity contribution in [2.45, 2.75) is 437 Å². The van der Waals surface area contributed by atoms with Crippen LogP contribution in [0.4, 0.5) is 0 Å². The second-order valence-corrected chi connectivity index (χ2v) is 29.9. The number of nitrogens with zero attached hydrogens (tertiary/aromatic N) is 1. The van der Waals surface area contributed by atoms with Crippen LogP contribution in [0.15, 0.2) is 12.2 Å². The predicted molar refractivity (Wildman–Crippen MR) is 379 cm³/mol. The Hall–Kier alpha value is -0.760. The monoisotopic (exact) mass is 1240 g/mol. The van der Waals surface area contributed by atoms with Crippen LogP contribution in [-0.2, 0) is 18.4 Å². The average molecular weight is 1240 g/mol. The van der Waals surface area contributed by atoms with Gasteiger partial charge in [-0.25, -0.2) is 4.57 Å². The van der Waals surface area contributed by atoms with E-state index < -0.39 is 20.0 Å². The van der Waals surface area contributed by atoms with Gasteiger partial charge < -0.3 is 19.8 Å². The minimum Gasteiger partial charge on any atom is -0.387 e. The fourth-order valence-electron chi connectivity index (χ4n) is 12.5. The maximum Gasteiger partial charge on any atom is 0.472 e. The van der Waals surface area contributed by atoms with E-state index in [1.54, 1.807) is 6.08 Å². The van der Waals surface area contributed by atoms with Gasteiger partial charge in [-0.2, -0.15) is 0 Å². The molecule has 0 fully saturated rings. The zero-order valence-corrected chi connectivity index (χ0v) is 60.0. The molecule has 0 saturated heterocycles. The predicted octanol–water partition coefficient (Wildman–Crippen LogP) is 25.2. The molecule has 514 valence electrons. The number of phosphoric ester groups is 1. The lowest BCUT2D eigenvalue weighted by molar-refractivity contribution is -0.870. The van der Waals surface area contributed by atoms with Crippen molar-refractivity contribution in [3.63, 3.8) is 0 Å². The van der Waals surface area contributed by atoms with Gasteiger partial charge in [0.2, 0.25) is 5.91 Å². The summed E-state index contributed by atoms with van der Waals surface area (Å²) in [5.41, 5.74) is 0. The molecule has 0 aromatic carbocycles. The molecule has 0 aromatic rings. The molecular weight excluding hydrogens is 1080 g/mol. The summed E-state index contributed by atoms with van der Waals surface area (Å²) >= 11 is 0. The summed E-state index contributed by atoms with van der Waals surface area (Å²) in [4.78, 5) is 23.5. The summed E-state index contributed by atoms with van der Waals surface area (Å²) in [6.07, 6.45) is 89.7. The lowest BCUT2D eigenvalue weighted by Gasteiger charge is -2.25. The number of hydrogen-bond donors (Lipinski definition) is 3. The van der Waals surface area contributed by atoms with Gasteiger partial charge in [0.05, 0.1) is 39.9 Å². The number of likely N-dealkylation sites (N-methyl/N-ethyl adjacent to an activating group) is 1. The topological polar surface area (TPSA) is 105 Å². The summed E-state index contributed by atoms with van der Waals surface area (Å²) in [5.74, 6) is -0.165. The molecule has 86 heavy (non-hydrogen) atoms. The molecule has 3 unspecified atom stereocenters. The standard InChI is InChI=1S/C77H155N2O6P/c1-6-8-10-12-14-16-18-20-22-24-26-28-30-32-34-36-37-38-39-40-41-42-43-45-47-49-51-53-55-57-59-61-63-65-67-69-71-77(81)78-75(74-85-86(82,83)84-73-72-79(3,4)5)76(80)70-68-66-64-62-60-58-56-54-52-50-48-46-44-35-33-31-29-27-25-23-21-19-17-15-13-11-9-7-2/h68,70,75-76,80H,6-67,69,71-74H2,1-5H3,(H-,78,81,82,83)/p+1/b70-68+. The second kappa shape index (κ2) is 68.6. The molecule has 8 nitrogen and oxygen atoms in total. The minimum atomic E-state index is -4.35. The smallest absolute Gasteiger partial charge is 0.387 e. The molecule has 0 bridgehead atoms. The lowest BCUT2D eigenvalue weighted by atomic mass is 10.0. The van der Waals surface area contributed by atoms with Crippen molar-refractivity contribution in [2.24, 2.45) is 0 Å². The maximum absolute atomic E-state index is 13.1. The summed E-state index contributed by atoms with van der Waals surface area (Å²) in [5, 5.41) is 14.1. The number of hydrogen-bond acceptors (Lipinski definition) is 5. The van der Waals surface area contributed by atoms with Crippen molar-refractivity contribution >= 4 is 13.7 Å². The largest absolute Gasteiger partial charge is 0.472 e. The number of rotatable bonds is 74. The quantitative estimate of drug-likeness (QED) is 0.0243. The number of carbonyl (C=O) groups excluding carboxylic acids is 1. The van der Waals surface area contributed by atoms with E-state index >= 15 is 0 Å². The Morgan fingerprint density at radius 2 is 0.616 bits per heavy atom. The molecule has 0 saturated carbocycles. The van der Waals surface area contributed by atoms with E-state index in [1.807, 2.05) is 27.2 Å². The van der Waals surface area contributed by atoms with Crippen molar-refractivity contribution < 1.29 is 32.9 Å². The van der Waals surface area contributed by atoms with Crippen molar-refractivity contribution in [2.75, 3.05) is 40.9 Å². The Balaban J connectivity index is 3.93. The second-order valence-electron chi connectivity index (χ2n) is 28.5. The molecule has 0 spiro atoms. The van der Waals surface area contributed by atoms with E-state index in [4.69, 9.17) is 9.05 Å². The first-order valence-electron chi connectivity index (χ1n) is 39.1. The van der Waals surface area contributed by atoms with Crippen molar-refractivity contribution in [3.8, 4) is 0 Å². The Kier molecular flexibility index (Phi) is 68.0. The number of phosphoric acid groups is 1. The highest BCUT2D eigenvalue weighted by molar-refractivity contribution is 7.47. The molecular formula is C77H156N2O6P+. The van der Waals surface area contributed by atoms with E-state index in [1.165, 1.54) is 372 Å². The maximum atomic E-state index is 13.1. The number of aliphatic hydroxyl groups excluding tert-OH is 1. The van der Waals surface area contributed by atoms with Gasteiger partial charge in [0.25, 0.3) is 0 Å². The van der Waals surface area contributed by atoms with Gasteiger partial charge in [0.15, 0.2) is 0 Å². The number of carbonyl (C=O) groups is 1. The van der Waals surface area contributed by atoms with Gasteiger partial charge in [0, 0.05) is 6.42 Å². The zero-order chi connectivity index (χ0) is 62.6. The number of quaternary nitrogens is 1. The van der Waals surface area contributed by atoms with Crippen molar-refractivity contribution in [3.05, 3.63) is 12.2 Å². The molecule has 0 heterocycles. The van der Waals surface area contributed by atoms with Crippen LogP contribution in [0, 0.1) is 0 Å². The molecule has 0 rings (SSSR count). The molecule has 0 radical (unpaired) electrons. The van der Waals surface area contributed by atoms with E-state index in [0.717, 1.165) is 32.1 Å². The van der Waals surface area contributed by atoms with E-state index in [9.17, 15) is 19.4 Å². The summed E-state index contributed by atoms with van der Waals surface area (Å²) in [6, 6.07) is -0.844. The molecule has 1 amide bonds. The van der Waals surface area contributed by atoms with E-state index in [-0.39, 0.29) is 19.1 Å². The Labute approximate surface area is 539 Å². The molecule has 3 atom stereocenters. The SMILES string of the molecule is CCCCCCCCCCCCCCCCCCCCCCCCCCCC/C=C/C(O)C(COP(=O)(O)OCC[N+](C)(C)C)NC(=O)CCCCCCCCCCCCCCCCCCCCCCCCCCCCCCCCCCCCCC. The number of amides is 1. The van der Waals surface area contributed by atoms with Gasteiger partial charge >= 0.3 is 7.82 Å². The third kappa shape index (κ3) is 70.7. The highest BCUT2D eigenvalue weighted by Crippen LogP contribution is 2.43. The minimum absolute atomic E-state index is 0.0656. The Morgan fingerprint density at radius 1 is 0.384 bits per heavy atom. The first kappa shape index (κ1) is 85.2. The molecule has 0 aromatic heterocycles. The van der Waals surface area contributed by atoms with Crippen molar-refractivity contribution in [1.82, 2.24) is 5.32 Å². The summed E-state index contributed by atoms with van der Waals surface area (Å²) < 4.78 is 23.9. The first-order valence-corrected chi connectivity index (χ1v) is 40.6. The van der Waals surface area contributed by atoms with Gasteiger partial charge in [-0.3, -0.25) is 13.8 Å². The fourth-order valence-corrected chi connectivity index (χ4v) is 13.2. The van der Waals surface area contributed by atoms with Crippen LogP contribution < -0.4 is 5.32 Å². The number of allylic oxidation sites excluding steroid dienone is 1. The van der Waals surface area contributed by atoms with Crippen LogP contribution in [0.25, 0.3) is 0 Å². The third-order valence-corrected chi connectivity index (χ3v) is 19.5. The molecule has 3 N–H and O–H groups in total. The van der Waals surface area contributed by atoms with Crippen LogP contribution >= 0.6 is 7.82 Å². The Bertz CT molecular complexity index is 1410. The van der Waals surface area contributed by atoms with Gasteiger partial charge in [0.1, 0.15) is 13.2 Å². The zero-order valence-electron chi connectivity index (χ0n) is 59.1. The van der Waals surface area contributed by atoms with Gasteiger partial charge in [-0.15, -0.1) is 0 Å². The van der Waals surface area contributed by atoms with Crippen LogP contribution in [0.5, 0.6) is 0 Å². The normalized spacial score (nSPS) is 13.5. The molecule has 9 heteroatoms. The average Bonchev–Trinajstić information content (AvgIpc) is 3.70.